The van der Waals surface area contributed by atoms with Crippen molar-refractivity contribution in [3.05, 3.63) is 34.9 Å². The zero-order valence-corrected chi connectivity index (χ0v) is 12.2. The summed E-state index contributed by atoms with van der Waals surface area (Å²) in [5.41, 5.74) is 0.904. The minimum Gasteiger partial charge on any atom is -0.333 e. The Bertz CT molecular complexity index is 501. The fraction of sp³-hybridized carbons (Fsp3) is 0.429. The van der Waals surface area contributed by atoms with Gasteiger partial charge in [0, 0.05) is 44.8 Å². The highest BCUT2D eigenvalue weighted by atomic mass is 35.5. The van der Waals surface area contributed by atoms with Crippen molar-refractivity contribution in [1.29, 1.82) is 0 Å². The molecule has 0 spiro atoms. The maximum absolute atomic E-state index is 12.1. The molecule has 0 radical (unpaired) electrons. The van der Waals surface area contributed by atoms with E-state index in [-0.39, 0.29) is 0 Å². The molecule has 0 aromatic heterocycles. The molecule has 1 heterocycles. The van der Waals surface area contributed by atoms with Crippen LogP contribution in [0.4, 0.5) is 0 Å². The minimum absolute atomic E-state index is 0.372. The molecule has 0 bridgehead atoms. The molecule has 2 amide bonds. The van der Waals surface area contributed by atoms with E-state index < -0.39 is 11.8 Å². The van der Waals surface area contributed by atoms with Gasteiger partial charge in [-0.25, -0.2) is 0 Å². The fourth-order valence-electron chi connectivity index (χ4n) is 2.15. The van der Waals surface area contributed by atoms with Crippen LogP contribution in [0, 0.1) is 0 Å². The second kappa shape index (κ2) is 6.72. The lowest BCUT2D eigenvalue weighted by atomic mass is 10.2. The van der Waals surface area contributed by atoms with Crippen LogP contribution in [0.15, 0.2) is 24.3 Å². The Kier molecular flexibility index (Phi) is 4.98. The first-order chi connectivity index (χ1) is 9.58. The zero-order valence-electron chi connectivity index (χ0n) is 11.4. The van der Waals surface area contributed by atoms with Gasteiger partial charge in [0.15, 0.2) is 0 Å². The van der Waals surface area contributed by atoms with Gasteiger partial charge in [-0.1, -0.05) is 23.7 Å². The van der Waals surface area contributed by atoms with Crippen molar-refractivity contribution >= 4 is 23.4 Å². The summed E-state index contributed by atoms with van der Waals surface area (Å²) in [6.45, 7) is 3.00. The summed E-state index contributed by atoms with van der Waals surface area (Å²) in [4.78, 5) is 27.2. The van der Waals surface area contributed by atoms with Crippen LogP contribution in [0.25, 0.3) is 0 Å². The van der Waals surface area contributed by atoms with Gasteiger partial charge in [0.1, 0.15) is 0 Å². The second-order valence-corrected chi connectivity index (χ2v) is 5.27. The molecule has 1 aromatic rings. The van der Waals surface area contributed by atoms with Crippen LogP contribution < -0.4 is 5.32 Å². The number of halogens is 1. The summed E-state index contributed by atoms with van der Waals surface area (Å²) in [5, 5.41) is 3.77. The van der Waals surface area contributed by atoms with Crippen molar-refractivity contribution in [2.75, 3.05) is 33.2 Å². The molecule has 1 saturated heterocycles. The van der Waals surface area contributed by atoms with E-state index in [1.807, 2.05) is 12.1 Å². The highest BCUT2D eigenvalue weighted by molar-refractivity contribution is 6.34. The Hall–Kier alpha value is -1.59. The lowest BCUT2D eigenvalue weighted by molar-refractivity contribution is -0.151. The Balaban J connectivity index is 1.95. The standard InChI is InChI=1S/C14H18ClN3O2/c1-17(10-11-3-2-4-12(15)9-11)13(19)14(20)18-7-5-16-6-8-18/h2-4,9,16H,5-8,10H2,1H3. The second-order valence-electron chi connectivity index (χ2n) is 4.83. The van der Waals surface area contributed by atoms with Crippen LogP contribution in [0.5, 0.6) is 0 Å². The van der Waals surface area contributed by atoms with Crippen molar-refractivity contribution in [3.63, 3.8) is 0 Å². The normalized spacial score (nSPS) is 15.0. The Labute approximate surface area is 123 Å². The molecule has 20 heavy (non-hydrogen) atoms. The minimum atomic E-state index is -0.480. The van der Waals surface area contributed by atoms with Crippen LogP contribution in [0.1, 0.15) is 5.56 Å². The number of likely N-dealkylation sites (N-methyl/N-ethyl adjacent to an activating group) is 1. The molecule has 0 aliphatic carbocycles. The number of carbonyl (C=O) groups excluding carboxylic acids is 2. The van der Waals surface area contributed by atoms with E-state index in [4.69, 9.17) is 11.6 Å². The predicted molar refractivity (Wildman–Crippen MR) is 77.4 cm³/mol. The smallest absolute Gasteiger partial charge is 0.312 e. The molecule has 2 rings (SSSR count). The van der Waals surface area contributed by atoms with Gasteiger partial charge in [-0.15, -0.1) is 0 Å². The van der Waals surface area contributed by atoms with Crippen LogP contribution in [-0.2, 0) is 16.1 Å². The average Bonchev–Trinajstić information content (AvgIpc) is 2.46. The van der Waals surface area contributed by atoms with Gasteiger partial charge in [-0.3, -0.25) is 9.59 Å². The summed E-state index contributed by atoms with van der Waals surface area (Å²) >= 11 is 5.91. The first kappa shape index (κ1) is 14.8. The molecule has 0 unspecified atom stereocenters. The maximum atomic E-state index is 12.1. The highest BCUT2D eigenvalue weighted by Crippen LogP contribution is 2.12. The van der Waals surface area contributed by atoms with Gasteiger partial charge < -0.3 is 15.1 Å². The zero-order chi connectivity index (χ0) is 14.5. The summed E-state index contributed by atoms with van der Waals surface area (Å²) in [6, 6.07) is 7.28. The molecule has 0 atom stereocenters. The number of carbonyl (C=O) groups is 2. The number of hydrogen-bond acceptors (Lipinski definition) is 3. The Morgan fingerprint density at radius 2 is 2.05 bits per heavy atom. The highest BCUT2D eigenvalue weighted by Gasteiger charge is 2.25. The molecular formula is C14H18ClN3O2. The molecule has 5 nitrogen and oxygen atoms in total. The molecule has 0 saturated carbocycles. The number of rotatable bonds is 2. The third kappa shape index (κ3) is 3.71. The molecule has 1 aromatic carbocycles. The first-order valence-corrected chi connectivity index (χ1v) is 6.95. The summed E-state index contributed by atoms with van der Waals surface area (Å²) in [7, 11) is 1.63. The lowest BCUT2D eigenvalue weighted by Crippen LogP contribution is -2.51. The molecule has 1 N–H and O–H groups in total. The lowest BCUT2D eigenvalue weighted by Gasteiger charge is -2.28. The number of piperazine rings is 1. The van der Waals surface area contributed by atoms with Gasteiger partial charge in [0.05, 0.1) is 0 Å². The average molecular weight is 296 g/mol. The van der Waals surface area contributed by atoms with Gasteiger partial charge in [0.25, 0.3) is 0 Å². The number of nitrogens with one attached hydrogen (secondary N) is 1. The molecule has 6 heteroatoms. The molecule has 1 fully saturated rings. The number of nitrogens with zero attached hydrogens (tertiary/aromatic N) is 2. The van der Waals surface area contributed by atoms with Crippen molar-refractivity contribution in [3.8, 4) is 0 Å². The Morgan fingerprint density at radius 3 is 2.70 bits per heavy atom. The van der Waals surface area contributed by atoms with E-state index >= 15 is 0 Å². The van der Waals surface area contributed by atoms with E-state index in [0.717, 1.165) is 18.7 Å². The summed E-state index contributed by atoms with van der Waals surface area (Å²) in [6.07, 6.45) is 0. The van der Waals surface area contributed by atoms with Crippen molar-refractivity contribution in [1.82, 2.24) is 15.1 Å². The Morgan fingerprint density at radius 1 is 1.35 bits per heavy atom. The summed E-state index contributed by atoms with van der Waals surface area (Å²) < 4.78 is 0. The molecule has 1 aliphatic heterocycles. The van der Waals surface area contributed by atoms with E-state index in [9.17, 15) is 9.59 Å². The van der Waals surface area contributed by atoms with E-state index in [2.05, 4.69) is 5.32 Å². The van der Waals surface area contributed by atoms with Crippen molar-refractivity contribution < 1.29 is 9.59 Å². The van der Waals surface area contributed by atoms with Gasteiger partial charge in [0.2, 0.25) is 0 Å². The first-order valence-electron chi connectivity index (χ1n) is 6.57. The SMILES string of the molecule is CN(Cc1cccc(Cl)c1)C(=O)C(=O)N1CCNCC1. The van der Waals surface area contributed by atoms with Gasteiger partial charge in [-0.2, -0.15) is 0 Å². The topological polar surface area (TPSA) is 52.7 Å². The quantitative estimate of drug-likeness (QED) is 0.819. The van der Waals surface area contributed by atoms with Crippen molar-refractivity contribution in [2.24, 2.45) is 0 Å². The van der Waals surface area contributed by atoms with E-state index in [0.29, 0.717) is 24.7 Å². The monoisotopic (exact) mass is 295 g/mol. The number of hydrogen-bond donors (Lipinski definition) is 1. The van der Waals surface area contributed by atoms with E-state index in [1.165, 1.54) is 4.90 Å². The maximum Gasteiger partial charge on any atom is 0.312 e. The van der Waals surface area contributed by atoms with Gasteiger partial charge >= 0.3 is 11.8 Å². The largest absolute Gasteiger partial charge is 0.333 e. The molecular weight excluding hydrogens is 278 g/mol. The summed E-state index contributed by atoms with van der Waals surface area (Å²) in [5.74, 6) is -0.914. The molecule has 1 aliphatic rings. The number of amides is 2. The van der Waals surface area contributed by atoms with Crippen molar-refractivity contribution in [2.45, 2.75) is 6.54 Å². The van der Waals surface area contributed by atoms with Crippen LogP contribution in [-0.4, -0.2) is 54.8 Å². The fourth-order valence-corrected chi connectivity index (χ4v) is 2.36. The van der Waals surface area contributed by atoms with E-state index in [1.54, 1.807) is 24.1 Å². The third-order valence-corrected chi connectivity index (χ3v) is 3.48. The third-order valence-electron chi connectivity index (χ3n) is 3.24. The number of benzene rings is 1. The van der Waals surface area contributed by atoms with Crippen LogP contribution >= 0.6 is 11.6 Å². The predicted octanol–water partition coefficient (Wildman–Crippen LogP) is 0.730. The van der Waals surface area contributed by atoms with Crippen LogP contribution in [0.2, 0.25) is 5.02 Å². The van der Waals surface area contributed by atoms with Crippen LogP contribution in [0.3, 0.4) is 0 Å². The molecule has 108 valence electrons. The van der Waals surface area contributed by atoms with Gasteiger partial charge in [-0.05, 0) is 17.7 Å².